The minimum atomic E-state index is -0.784. The molecule has 0 bridgehead atoms. The van der Waals surface area contributed by atoms with Crippen molar-refractivity contribution in [3.05, 3.63) is 132 Å². The van der Waals surface area contributed by atoms with Crippen molar-refractivity contribution in [2.75, 3.05) is 11.5 Å². The first-order valence-corrected chi connectivity index (χ1v) is 13.6. The molecule has 2 heterocycles. The molecule has 1 aromatic heterocycles. The van der Waals surface area contributed by atoms with Crippen molar-refractivity contribution in [3.8, 4) is 34.0 Å². The van der Waals surface area contributed by atoms with E-state index in [1.54, 1.807) is 36.4 Å². The van der Waals surface area contributed by atoms with Crippen LogP contribution in [0.1, 0.15) is 12.5 Å². The number of carbonyl (C=O) groups excluding carboxylic acids is 3. The largest absolute Gasteiger partial charge is 0.494 e. The lowest BCUT2D eigenvalue weighted by atomic mass is 10.0. The molecule has 4 amide bonds. The molecule has 7 heteroatoms. The monoisotopic (exact) mass is 553 g/mol. The standard InChI is InChI=1S/C35H27N3O4/c1-2-42-29-20-18-28(19-21-29)37-31(24-12-6-3-7-13-24)23-26(32(37)25-14-8-4-9-15-25)22-30-33(39)36-35(41)38(34(30)40)27-16-10-5-11-17-27/h3-23H,2H2,1H3,(H,36,39,41)/b30-22+. The van der Waals surface area contributed by atoms with Crippen LogP contribution in [-0.4, -0.2) is 29.0 Å². The zero-order valence-corrected chi connectivity index (χ0v) is 22.9. The molecule has 0 unspecified atom stereocenters. The summed E-state index contributed by atoms with van der Waals surface area (Å²) in [6.45, 7) is 2.50. The first-order chi connectivity index (χ1) is 20.5. The Hall–Kier alpha value is -5.69. The summed E-state index contributed by atoms with van der Waals surface area (Å²) in [5, 5.41) is 2.33. The molecule has 0 radical (unpaired) electrons. The highest BCUT2D eigenvalue weighted by molar-refractivity contribution is 6.39. The molecule has 0 spiro atoms. The molecule has 42 heavy (non-hydrogen) atoms. The quantitative estimate of drug-likeness (QED) is 0.176. The van der Waals surface area contributed by atoms with Crippen molar-refractivity contribution in [2.45, 2.75) is 6.92 Å². The molecule has 1 aliphatic rings. The first kappa shape index (κ1) is 26.5. The van der Waals surface area contributed by atoms with Crippen LogP contribution >= 0.6 is 0 Å². The molecule has 4 aromatic carbocycles. The highest BCUT2D eigenvalue weighted by atomic mass is 16.5. The predicted octanol–water partition coefficient (Wildman–Crippen LogP) is 6.88. The van der Waals surface area contributed by atoms with E-state index >= 15 is 0 Å². The number of anilines is 1. The number of imide groups is 2. The van der Waals surface area contributed by atoms with E-state index in [9.17, 15) is 14.4 Å². The predicted molar refractivity (Wildman–Crippen MR) is 163 cm³/mol. The lowest BCUT2D eigenvalue weighted by molar-refractivity contribution is -0.122. The summed E-state index contributed by atoms with van der Waals surface area (Å²) in [4.78, 5) is 40.5. The van der Waals surface area contributed by atoms with Crippen LogP contribution in [0.3, 0.4) is 0 Å². The lowest BCUT2D eigenvalue weighted by Gasteiger charge is -2.26. The maximum atomic E-state index is 13.7. The zero-order chi connectivity index (χ0) is 29.1. The SMILES string of the molecule is CCOc1ccc(-n2c(-c3ccccc3)cc(/C=C3\C(=O)NC(=O)N(c4ccccc4)C3=O)c2-c2ccccc2)cc1. The molecule has 206 valence electrons. The fourth-order valence-electron chi connectivity index (χ4n) is 5.10. The molecule has 0 atom stereocenters. The van der Waals surface area contributed by atoms with Crippen LogP contribution in [0.25, 0.3) is 34.3 Å². The van der Waals surface area contributed by atoms with Crippen LogP contribution in [0.15, 0.2) is 127 Å². The normalized spacial score (nSPS) is 14.3. The van der Waals surface area contributed by atoms with E-state index in [1.165, 1.54) is 0 Å². The van der Waals surface area contributed by atoms with Gasteiger partial charge in [0.1, 0.15) is 11.3 Å². The average molecular weight is 554 g/mol. The van der Waals surface area contributed by atoms with Gasteiger partial charge in [0.2, 0.25) is 0 Å². The lowest BCUT2D eigenvalue weighted by Crippen LogP contribution is -2.54. The summed E-state index contributed by atoms with van der Waals surface area (Å²) < 4.78 is 7.79. The Balaban J connectivity index is 1.59. The van der Waals surface area contributed by atoms with Gasteiger partial charge in [-0.1, -0.05) is 78.9 Å². The number of para-hydroxylation sites is 1. The molecular formula is C35H27N3O4. The molecule has 7 nitrogen and oxygen atoms in total. The fourth-order valence-corrected chi connectivity index (χ4v) is 5.10. The van der Waals surface area contributed by atoms with Gasteiger partial charge >= 0.3 is 6.03 Å². The number of barbiturate groups is 1. The van der Waals surface area contributed by atoms with Crippen LogP contribution in [0.2, 0.25) is 0 Å². The van der Waals surface area contributed by atoms with Crippen molar-refractivity contribution in [3.63, 3.8) is 0 Å². The number of carbonyl (C=O) groups is 3. The van der Waals surface area contributed by atoms with Gasteiger partial charge in [-0.15, -0.1) is 0 Å². The summed E-state index contributed by atoms with van der Waals surface area (Å²) in [5.41, 5.74) is 5.25. The Morgan fingerprint density at radius 2 is 1.31 bits per heavy atom. The smallest absolute Gasteiger partial charge is 0.335 e. The van der Waals surface area contributed by atoms with Gasteiger partial charge in [-0.2, -0.15) is 0 Å². The van der Waals surface area contributed by atoms with Crippen molar-refractivity contribution < 1.29 is 19.1 Å². The molecule has 1 N–H and O–H groups in total. The third-order valence-corrected chi connectivity index (χ3v) is 6.97. The molecule has 6 rings (SSSR count). The van der Waals surface area contributed by atoms with Crippen molar-refractivity contribution >= 4 is 29.6 Å². The van der Waals surface area contributed by atoms with Crippen LogP contribution < -0.4 is 15.0 Å². The topological polar surface area (TPSA) is 80.6 Å². The second-order valence-electron chi connectivity index (χ2n) is 9.62. The third kappa shape index (κ3) is 4.99. The molecule has 0 saturated carbocycles. The number of hydrogen-bond acceptors (Lipinski definition) is 4. The number of nitrogens with one attached hydrogen (secondary N) is 1. The van der Waals surface area contributed by atoms with Gasteiger partial charge in [-0.25, -0.2) is 9.69 Å². The van der Waals surface area contributed by atoms with Gasteiger partial charge in [0.05, 0.1) is 23.7 Å². The van der Waals surface area contributed by atoms with Crippen LogP contribution in [0.5, 0.6) is 5.75 Å². The second-order valence-corrected chi connectivity index (χ2v) is 9.62. The highest BCUT2D eigenvalue weighted by Crippen LogP contribution is 2.38. The third-order valence-electron chi connectivity index (χ3n) is 6.97. The van der Waals surface area contributed by atoms with Gasteiger partial charge in [0, 0.05) is 11.3 Å². The molecule has 1 aliphatic heterocycles. The van der Waals surface area contributed by atoms with Crippen LogP contribution in [0.4, 0.5) is 10.5 Å². The summed E-state index contributed by atoms with van der Waals surface area (Å²) in [5.74, 6) is -0.677. The minimum Gasteiger partial charge on any atom is -0.494 e. The van der Waals surface area contributed by atoms with Crippen molar-refractivity contribution in [1.82, 2.24) is 9.88 Å². The molecule has 0 aliphatic carbocycles. The fraction of sp³-hybridized carbons (Fsp3) is 0.0571. The minimum absolute atomic E-state index is 0.140. The van der Waals surface area contributed by atoms with Crippen LogP contribution in [0, 0.1) is 0 Å². The van der Waals surface area contributed by atoms with Gasteiger partial charge in [-0.05, 0) is 66.6 Å². The van der Waals surface area contributed by atoms with E-state index in [0.717, 1.165) is 38.9 Å². The number of rotatable bonds is 7. The first-order valence-electron chi connectivity index (χ1n) is 13.6. The zero-order valence-electron chi connectivity index (χ0n) is 22.9. The summed E-state index contributed by atoms with van der Waals surface area (Å²) >= 11 is 0. The summed E-state index contributed by atoms with van der Waals surface area (Å²) in [6.07, 6.45) is 1.57. The number of nitrogens with zero attached hydrogens (tertiary/aromatic N) is 2. The number of amides is 4. The number of benzene rings is 4. The molecular weight excluding hydrogens is 526 g/mol. The maximum absolute atomic E-state index is 13.7. The molecule has 1 fully saturated rings. The van der Waals surface area contributed by atoms with E-state index in [4.69, 9.17) is 4.74 Å². The Morgan fingerprint density at radius 3 is 1.93 bits per heavy atom. The molecule has 5 aromatic rings. The summed E-state index contributed by atoms with van der Waals surface area (Å²) in [7, 11) is 0. The molecule has 1 saturated heterocycles. The Bertz CT molecular complexity index is 1790. The van der Waals surface area contributed by atoms with Gasteiger partial charge in [-0.3, -0.25) is 14.9 Å². The van der Waals surface area contributed by atoms with Crippen LogP contribution in [-0.2, 0) is 9.59 Å². The Labute approximate surface area is 243 Å². The Kier molecular flexibility index (Phi) is 7.22. The number of aromatic nitrogens is 1. The van der Waals surface area contributed by atoms with E-state index in [0.29, 0.717) is 17.9 Å². The van der Waals surface area contributed by atoms with Gasteiger partial charge in [0.25, 0.3) is 11.8 Å². The number of hydrogen-bond donors (Lipinski definition) is 1. The highest BCUT2D eigenvalue weighted by Gasteiger charge is 2.37. The van der Waals surface area contributed by atoms with E-state index in [2.05, 4.69) is 9.88 Å². The van der Waals surface area contributed by atoms with Crippen molar-refractivity contribution in [1.29, 1.82) is 0 Å². The van der Waals surface area contributed by atoms with E-state index in [-0.39, 0.29) is 5.57 Å². The average Bonchev–Trinajstić information content (AvgIpc) is 3.40. The van der Waals surface area contributed by atoms with Crippen molar-refractivity contribution in [2.24, 2.45) is 0 Å². The maximum Gasteiger partial charge on any atom is 0.335 e. The Morgan fingerprint density at radius 1 is 0.714 bits per heavy atom. The second kappa shape index (κ2) is 11.4. The van der Waals surface area contributed by atoms with Gasteiger partial charge in [0.15, 0.2) is 0 Å². The van der Waals surface area contributed by atoms with E-state index < -0.39 is 17.8 Å². The van der Waals surface area contributed by atoms with Gasteiger partial charge < -0.3 is 9.30 Å². The summed E-state index contributed by atoms with van der Waals surface area (Å²) in [6, 6.07) is 37.2. The number of urea groups is 1. The number of ether oxygens (including phenoxy) is 1. The van der Waals surface area contributed by atoms with E-state index in [1.807, 2.05) is 97.9 Å².